The van der Waals surface area contributed by atoms with E-state index in [2.05, 4.69) is 0 Å². The zero-order chi connectivity index (χ0) is 16.3. The van der Waals surface area contributed by atoms with E-state index in [9.17, 15) is 13.2 Å². The third-order valence-corrected chi connectivity index (χ3v) is 5.46. The second kappa shape index (κ2) is 6.52. The van der Waals surface area contributed by atoms with Crippen molar-refractivity contribution in [3.05, 3.63) is 35.9 Å². The molecule has 6 heteroatoms. The molecule has 1 atom stereocenters. The van der Waals surface area contributed by atoms with Crippen molar-refractivity contribution in [1.82, 2.24) is 4.90 Å². The summed E-state index contributed by atoms with van der Waals surface area (Å²) in [5, 5.41) is -0.983. The average Bonchev–Trinajstić information content (AvgIpc) is 2.53. The number of sulfone groups is 1. The van der Waals surface area contributed by atoms with E-state index in [-0.39, 0.29) is 5.91 Å². The van der Waals surface area contributed by atoms with E-state index in [1.54, 1.807) is 12.0 Å². The van der Waals surface area contributed by atoms with Gasteiger partial charge in [-0.3, -0.25) is 4.79 Å². The zero-order valence-corrected chi connectivity index (χ0v) is 13.9. The van der Waals surface area contributed by atoms with Gasteiger partial charge in [0.1, 0.15) is 11.0 Å². The first-order valence-electron chi connectivity index (χ1n) is 7.14. The highest BCUT2D eigenvalue weighted by atomic mass is 32.2. The molecule has 1 heterocycles. The van der Waals surface area contributed by atoms with Gasteiger partial charge in [-0.25, -0.2) is 8.42 Å². The number of rotatable bonds is 4. The Bertz CT molecular complexity index is 677. The number of hydrogen-bond acceptors (Lipinski definition) is 4. The molecule has 1 aliphatic rings. The van der Waals surface area contributed by atoms with Crippen molar-refractivity contribution in [3.8, 4) is 5.75 Å². The van der Waals surface area contributed by atoms with Gasteiger partial charge in [-0.2, -0.15) is 0 Å². The van der Waals surface area contributed by atoms with Gasteiger partial charge >= 0.3 is 0 Å². The van der Waals surface area contributed by atoms with Gasteiger partial charge in [0.15, 0.2) is 9.84 Å². The molecule has 0 radical (unpaired) electrons. The minimum absolute atomic E-state index is 0.326. The number of amides is 1. The Morgan fingerprint density at radius 2 is 1.91 bits per heavy atom. The second-order valence-corrected chi connectivity index (χ2v) is 7.83. The molecule has 0 aliphatic carbocycles. The van der Waals surface area contributed by atoms with E-state index < -0.39 is 15.1 Å². The first-order valence-corrected chi connectivity index (χ1v) is 9.09. The standard InChI is InChI=1S/C16H21NO4S/c1-12(22(3,19)20)16(18)17-10-8-14(9-11-17)13-4-6-15(21-2)7-5-13/h4-8,12H,9-11H2,1-3H3. The van der Waals surface area contributed by atoms with Crippen LogP contribution in [0.3, 0.4) is 0 Å². The van der Waals surface area contributed by atoms with Crippen molar-refractivity contribution >= 4 is 21.3 Å². The topological polar surface area (TPSA) is 63.7 Å². The summed E-state index contributed by atoms with van der Waals surface area (Å²) in [6.45, 7) is 2.43. The van der Waals surface area contributed by atoms with Crippen LogP contribution in [-0.2, 0) is 14.6 Å². The molecule has 0 aromatic heterocycles. The molecule has 0 fully saturated rings. The second-order valence-electron chi connectivity index (χ2n) is 5.46. The SMILES string of the molecule is COc1ccc(C2=CCN(C(=O)C(C)S(C)(=O)=O)CC2)cc1. The predicted molar refractivity (Wildman–Crippen MR) is 86.5 cm³/mol. The molecular weight excluding hydrogens is 302 g/mol. The third-order valence-electron chi connectivity index (χ3n) is 3.97. The Labute approximate surface area is 131 Å². The Hall–Kier alpha value is -1.82. The van der Waals surface area contributed by atoms with Crippen molar-refractivity contribution in [1.29, 1.82) is 0 Å². The smallest absolute Gasteiger partial charge is 0.240 e. The van der Waals surface area contributed by atoms with Crippen molar-refractivity contribution in [2.45, 2.75) is 18.6 Å². The van der Waals surface area contributed by atoms with Gasteiger partial charge in [0.25, 0.3) is 0 Å². The number of benzene rings is 1. The van der Waals surface area contributed by atoms with Crippen LogP contribution in [0.2, 0.25) is 0 Å². The van der Waals surface area contributed by atoms with E-state index in [1.807, 2.05) is 30.3 Å². The quantitative estimate of drug-likeness (QED) is 0.847. The Morgan fingerprint density at radius 1 is 1.27 bits per heavy atom. The van der Waals surface area contributed by atoms with E-state index in [1.165, 1.54) is 12.5 Å². The van der Waals surface area contributed by atoms with E-state index in [0.29, 0.717) is 19.5 Å². The van der Waals surface area contributed by atoms with Gasteiger partial charge in [-0.15, -0.1) is 0 Å². The number of hydrogen-bond donors (Lipinski definition) is 0. The Balaban J connectivity index is 2.07. The highest BCUT2D eigenvalue weighted by molar-refractivity contribution is 7.92. The maximum atomic E-state index is 12.2. The van der Waals surface area contributed by atoms with Gasteiger partial charge in [-0.05, 0) is 36.6 Å². The normalized spacial score (nSPS) is 16.9. The third kappa shape index (κ3) is 3.68. The van der Waals surface area contributed by atoms with Crippen LogP contribution in [0.15, 0.2) is 30.3 Å². The summed E-state index contributed by atoms with van der Waals surface area (Å²) < 4.78 is 28.1. The molecule has 22 heavy (non-hydrogen) atoms. The molecule has 120 valence electrons. The number of carbonyl (C=O) groups excluding carboxylic acids is 1. The van der Waals surface area contributed by atoms with E-state index in [4.69, 9.17) is 4.74 Å². The van der Waals surface area contributed by atoms with Gasteiger partial charge in [0, 0.05) is 19.3 Å². The van der Waals surface area contributed by atoms with Crippen molar-refractivity contribution < 1.29 is 17.9 Å². The zero-order valence-electron chi connectivity index (χ0n) is 13.1. The lowest BCUT2D eigenvalue weighted by molar-refractivity contribution is -0.130. The molecule has 1 unspecified atom stereocenters. The highest BCUT2D eigenvalue weighted by Crippen LogP contribution is 2.24. The summed E-state index contributed by atoms with van der Waals surface area (Å²) in [7, 11) is -1.72. The molecular formula is C16H21NO4S. The summed E-state index contributed by atoms with van der Waals surface area (Å²) in [5.74, 6) is 0.478. The van der Waals surface area contributed by atoms with Crippen LogP contribution < -0.4 is 4.74 Å². The first kappa shape index (κ1) is 16.5. The molecule has 1 aliphatic heterocycles. The summed E-state index contributed by atoms with van der Waals surface area (Å²) in [5.41, 5.74) is 2.27. The fourth-order valence-corrected chi connectivity index (χ4v) is 2.89. The maximum Gasteiger partial charge on any atom is 0.240 e. The predicted octanol–water partition coefficient (Wildman–Crippen LogP) is 1.74. The van der Waals surface area contributed by atoms with Crippen LogP contribution in [0.4, 0.5) is 0 Å². The summed E-state index contributed by atoms with van der Waals surface area (Å²) in [6, 6.07) is 7.78. The lowest BCUT2D eigenvalue weighted by atomic mass is 9.99. The van der Waals surface area contributed by atoms with Crippen LogP contribution in [0.25, 0.3) is 5.57 Å². The van der Waals surface area contributed by atoms with Gasteiger partial charge < -0.3 is 9.64 Å². The Kier molecular flexibility index (Phi) is 4.90. The van der Waals surface area contributed by atoms with Crippen molar-refractivity contribution in [3.63, 3.8) is 0 Å². The summed E-state index contributed by atoms with van der Waals surface area (Å²) >= 11 is 0. The molecule has 0 saturated heterocycles. The monoisotopic (exact) mass is 323 g/mol. The lowest BCUT2D eigenvalue weighted by Crippen LogP contribution is -2.43. The summed E-state index contributed by atoms with van der Waals surface area (Å²) in [4.78, 5) is 13.8. The van der Waals surface area contributed by atoms with Crippen LogP contribution in [0.1, 0.15) is 18.9 Å². The van der Waals surface area contributed by atoms with Crippen LogP contribution >= 0.6 is 0 Å². The van der Waals surface area contributed by atoms with Crippen LogP contribution in [0, 0.1) is 0 Å². The molecule has 1 aromatic rings. The minimum atomic E-state index is -3.35. The van der Waals surface area contributed by atoms with Crippen LogP contribution in [-0.4, -0.2) is 50.9 Å². The maximum absolute atomic E-state index is 12.2. The number of ether oxygens (including phenoxy) is 1. The molecule has 0 bridgehead atoms. The fourth-order valence-electron chi connectivity index (χ4n) is 2.38. The number of carbonyl (C=O) groups is 1. The molecule has 0 N–H and O–H groups in total. The summed E-state index contributed by atoms with van der Waals surface area (Å²) in [6.07, 6.45) is 3.80. The van der Waals surface area contributed by atoms with Crippen LogP contribution in [0.5, 0.6) is 5.75 Å². The lowest BCUT2D eigenvalue weighted by Gasteiger charge is -2.28. The minimum Gasteiger partial charge on any atom is -0.497 e. The molecule has 2 rings (SSSR count). The van der Waals surface area contributed by atoms with E-state index in [0.717, 1.165) is 17.6 Å². The number of methoxy groups -OCH3 is 1. The van der Waals surface area contributed by atoms with Gasteiger partial charge in [0.05, 0.1) is 7.11 Å². The Morgan fingerprint density at radius 3 is 2.36 bits per heavy atom. The first-order chi connectivity index (χ1) is 10.3. The molecule has 1 amide bonds. The highest BCUT2D eigenvalue weighted by Gasteiger charge is 2.29. The largest absolute Gasteiger partial charge is 0.497 e. The average molecular weight is 323 g/mol. The molecule has 0 spiro atoms. The van der Waals surface area contributed by atoms with Crippen molar-refractivity contribution in [2.24, 2.45) is 0 Å². The van der Waals surface area contributed by atoms with Gasteiger partial charge in [0.2, 0.25) is 5.91 Å². The molecule has 0 saturated carbocycles. The van der Waals surface area contributed by atoms with Gasteiger partial charge in [-0.1, -0.05) is 18.2 Å². The molecule has 1 aromatic carbocycles. The fraction of sp³-hybridized carbons (Fsp3) is 0.438. The molecule has 5 nitrogen and oxygen atoms in total. The number of nitrogens with zero attached hydrogens (tertiary/aromatic N) is 1. The van der Waals surface area contributed by atoms with E-state index >= 15 is 0 Å². The van der Waals surface area contributed by atoms with Crippen molar-refractivity contribution in [2.75, 3.05) is 26.5 Å².